The number of hydrogen-bond acceptors (Lipinski definition) is 2. The highest BCUT2D eigenvalue weighted by Crippen LogP contribution is 2.24. The smallest absolute Gasteiger partial charge is 0.0253 e. The Hall–Kier alpha value is -0.0800. The van der Waals surface area contributed by atoms with E-state index in [0.717, 1.165) is 18.5 Å². The highest BCUT2D eigenvalue weighted by molar-refractivity contribution is 4.95. The first-order valence-corrected chi connectivity index (χ1v) is 7.38. The van der Waals surface area contributed by atoms with Gasteiger partial charge in [0.15, 0.2) is 0 Å². The van der Waals surface area contributed by atoms with Crippen LogP contribution in [0.5, 0.6) is 0 Å². The molecule has 1 aliphatic heterocycles. The molecule has 0 spiro atoms. The average Bonchev–Trinajstić information content (AvgIpc) is 2.24. The van der Waals surface area contributed by atoms with E-state index in [9.17, 15) is 0 Å². The lowest BCUT2D eigenvalue weighted by molar-refractivity contribution is 0.0340. The first kappa shape index (κ1) is 15.0. The molecule has 2 nitrogen and oxygen atoms in total. The quantitative estimate of drug-likeness (QED) is 0.793. The van der Waals surface area contributed by atoms with Gasteiger partial charge in [0.05, 0.1) is 0 Å². The molecule has 17 heavy (non-hydrogen) atoms. The summed E-state index contributed by atoms with van der Waals surface area (Å²) in [6.07, 6.45) is 4.01. The van der Waals surface area contributed by atoms with Crippen molar-refractivity contribution in [2.24, 2.45) is 5.92 Å². The van der Waals surface area contributed by atoms with Crippen molar-refractivity contribution in [2.75, 3.05) is 13.1 Å². The van der Waals surface area contributed by atoms with Crippen LogP contribution < -0.4 is 5.32 Å². The van der Waals surface area contributed by atoms with Gasteiger partial charge >= 0.3 is 0 Å². The van der Waals surface area contributed by atoms with Gasteiger partial charge < -0.3 is 5.32 Å². The largest absolute Gasteiger partial charge is 0.309 e. The SMILES string of the molecule is CCCCC(C)N1CC(C)(C)NCC1C(C)C. The van der Waals surface area contributed by atoms with Gasteiger partial charge in [-0.3, -0.25) is 4.90 Å². The second-order valence-electron chi connectivity index (χ2n) is 6.74. The number of nitrogens with zero attached hydrogens (tertiary/aromatic N) is 1. The summed E-state index contributed by atoms with van der Waals surface area (Å²) in [6.45, 7) is 16.4. The van der Waals surface area contributed by atoms with Gasteiger partial charge in [-0.1, -0.05) is 33.6 Å². The third-order valence-electron chi connectivity index (χ3n) is 4.10. The standard InChI is InChI=1S/C15H32N2/c1-7-8-9-13(4)17-11-15(5,6)16-10-14(17)12(2)3/h12-14,16H,7-11H2,1-6H3. The molecule has 0 bridgehead atoms. The van der Waals surface area contributed by atoms with Crippen molar-refractivity contribution < 1.29 is 0 Å². The van der Waals surface area contributed by atoms with Crippen LogP contribution in [0.3, 0.4) is 0 Å². The van der Waals surface area contributed by atoms with Crippen LogP contribution in [0, 0.1) is 5.92 Å². The van der Waals surface area contributed by atoms with Gasteiger partial charge in [0.25, 0.3) is 0 Å². The predicted octanol–water partition coefficient (Wildman–Crippen LogP) is 3.27. The Kier molecular flexibility index (Phi) is 5.46. The minimum Gasteiger partial charge on any atom is -0.309 e. The summed E-state index contributed by atoms with van der Waals surface area (Å²) in [7, 11) is 0. The van der Waals surface area contributed by atoms with Crippen LogP contribution in [0.1, 0.15) is 60.8 Å². The number of piperazine rings is 1. The van der Waals surface area contributed by atoms with Crippen molar-refractivity contribution in [1.82, 2.24) is 10.2 Å². The van der Waals surface area contributed by atoms with E-state index in [4.69, 9.17) is 0 Å². The van der Waals surface area contributed by atoms with Crippen LogP contribution in [-0.4, -0.2) is 35.6 Å². The van der Waals surface area contributed by atoms with Crippen LogP contribution in [0.15, 0.2) is 0 Å². The Balaban J connectivity index is 2.66. The summed E-state index contributed by atoms with van der Waals surface area (Å²) in [4.78, 5) is 2.75. The van der Waals surface area contributed by atoms with Crippen LogP contribution in [0.25, 0.3) is 0 Å². The molecular formula is C15H32N2. The summed E-state index contributed by atoms with van der Waals surface area (Å²) in [5.41, 5.74) is 0.270. The molecule has 0 radical (unpaired) electrons. The average molecular weight is 240 g/mol. The molecule has 0 aliphatic carbocycles. The molecular weight excluding hydrogens is 208 g/mol. The normalized spacial score (nSPS) is 27.4. The maximum atomic E-state index is 3.69. The first-order chi connectivity index (χ1) is 7.87. The van der Waals surface area contributed by atoms with Crippen molar-refractivity contribution >= 4 is 0 Å². The lowest BCUT2D eigenvalue weighted by atomic mass is 9.91. The maximum Gasteiger partial charge on any atom is 0.0253 e. The molecule has 2 unspecified atom stereocenters. The van der Waals surface area contributed by atoms with E-state index >= 15 is 0 Å². The summed E-state index contributed by atoms with van der Waals surface area (Å²) >= 11 is 0. The molecule has 1 fully saturated rings. The summed E-state index contributed by atoms with van der Waals surface area (Å²) < 4.78 is 0. The monoisotopic (exact) mass is 240 g/mol. The number of nitrogens with one attached hydrogen (secondary N) is 1. The van der Waals surface area contributed by atoms with Gasteiger partial charge in [0.1, 0.15) is 0 Å². The Morgan fingerprint density at radius 1 is 1.29 bits per heavy atom. The zero-order valence-corrected chi connectivity index (χ0v) is 12.7. The second-order valence-corrected chi connectivity index (χ2v) is 6.74. The fourth-order valence-electron chi connectivity index (χ4n) is 2.89. The predicted molar refractivity (Wildman–Crippen MR) is 76.4 cm³/mol. The number of rotatable bonds is 5. The molecule has 1 rings (SSSR count). The molecule has 0 saturated carbocycles. The Morgan fingerprint density at radius 3 is 2.47 bits per heavy atom. The van der Waals surface area contributed by atoms with E-state index in [1.54, 1.807) is 0 Å². The van der Waals surface area contributed by atoms with Crippen LogP contribution in [0.4, 0.5) is 0 Å². The molecule has 0 amide bonds. The molecule has 2 atom stereocenters. The maximum absolute atomic E-state index is 3.69. The van der Waals surface area contributed by atoms with Gasteiger partial charge in [-0.05, 0) is 33.1 Å². The molecule has 2 heteroatoms. The van der Waals surface area contributed by atoms with Gasteiger partial charge in [0, 0.05) is 30.7 Å². The van der Waals surface area contributed by atoms with E-state index in [2.05, 4.69) is 51.8 Å². The zero-order valence-electron chi connectivity index (χ0n) is 12.7. The van der Waals surface area contributed by atoms with Crippen molar-refractivity contribution in [2.45, 2.75) is 78.4 Å². The fourth-order valence-corrected chi connectivity index (χ4v) is 2.89. The minimum atomic E-state index is 0.270. The Labute approximate surface area is 108 Å². The van der Waals surface area contributed by atoms with Gasteiger partial charge in [-0.2, -0.15) is 0 Å². The van der Waals surface area contributed by atoms with Gasteiger partial charge in [-0.15, -0.1) is 0 Å². The van der Waals surface area contributed by atoms with Gasteiger partial charge in [-0.25, -0.2) is 0 Å². The summed E-state index contributed by atoms with van der Waals surface area (Å²) in [5, 5.41) is 3.69. The van der Waals surface area contributed by atoms with Crippen molar-refractivity contribution in [3.8, 4) is 0 Å². The topological polar surface area (TPSA) is 15.3 Å². The van der Waals surface area contributed by atoms with E-state index in [-0.39, 0.29) is 5.54 Å². The fraction of sp³-hybridized carbons (Fsp3) is 1.00. The summed E-state index contributed by atoms with van der Waals surface area (Å²) in [5.74, 6) is 0.739. The van der Waals surface area contributed by atoms with Gasteiger partial charge in [0.2, 0.25) is 0 Å². The third kappa shape index (κ3) is 4.26. The van der Waals surface area contributed by atoms with Crippen LogP contribution >= 0.6 is 0 Å². The number of hydrogen-bond donors (Lipinski definition) is 1. The zero-order chi connectivity index (χ0) is 13.1. The molecule has 1 saturated heterocycles. The molecule has 0 aromatic carbocycles. The highest BCUT2D eigenvalue weighted by atomic mass is 15.3. The van der Waals surface area contributed by atoms with Crippen molar-refractivity contribution in [3.05, 3.63) is 0 Å². The third-order valence-corrected chi connectivity index (χ3v) is 4.10. The first-order valence-electron chi connectivity index (χ1n) is 7.38. The Morgan fingerprint density at radius 2 is 1.94 bits per heavy atom. The van der Waals surface area contributed by atoms with Crippen LogP contribution in [-0.2, 0) is 0 Å². The van der Waals surface area contributed by atoms with Crippen molar-refractivity contribution in [3.63, 3.8) is 0 Å². The van der Waals surface area contributed by atoms with E-state index < -0.39 is 0 Å². The minimum absolute atomic E-state index is 0.270. The molecule has 1 N–H and O–H groups in total. The molecule has 0 aromatic heterocycles. The molecule has 1 aliphatic rings. The van der Waals surface area contributed by atoms with E-state index in [1.165, 1.54) is 25.8 Å². The molecule has 1 heterocycles. The number of unbranched alkanes of at least 4 members (excludes halogenated alkanes) is 1. The highest BCUT2D eigenvalue weighted by Gasteiger charge is 2.35. The van der Waals surface area contributed by atoms with E-state index in [1.807, 2.05) is 0 Å². The van der Waals surface area contributed by atoms with E-state index in [0.29, 0.717) is 6.04 Å². The second kappa shape index (κ2) is 6.19. The lowest BCUT2D eigenvalue weighted by Crippen LogP contribution is -2.64. The molecule has 102 valence electrons. The lowest BCUT2D eigenvalue weighted by Gasteiger charge is -2.49. The van der Waals surface area contributed by atoms with Crippen LogP contribution in [0.2, 0.25) is 0 Å². The molecule has 0 aromatic rings. The van der Waals surface area contributed by atoms with Crippen molar-refractivity contribution in [1.29, 1.82) is 0 Å². The summed E-state index contributed by atoms with van der Waals surface area (Å²) in [6, 6.07) is 1.43. The Bertz CT molecular complexity index is 223.